The highest BCUT2D eigenvalue weighted by Crippen LogP contribution is 2.38. The molecule has 2 amide bonds. The van der Waals surface area contributed by atoms with E-state index in [9.17, 15) is 14.4 Å². The molecule has 2 rings (SSSR count). The summed E-state index contributed by atoms with van der Waals surface area (Å²) in [5, 5.41) is 3.30. The van der Waals surface area contributed by atoms with E-state index < -0.39 is 5.97 Å². The van der Waals surface area contributed by atoms with Crippen LogP contribution in [0, 0.1) is 0 Å². The summed E-state index contributed by atoms with van der Waals surface area (Å²) >= 11 is 1.45. The van der Waals surface area contributed by atoms with E-state index >= 15 is 0 Å². The van der Waals surface area contributed by atoms with Crippen molar-refractivity contribution < 1.29 is 19.1 Å². The molecule has 156 valence electrons. The Morgan fingerprint density at radius 1 is 1.11 bits per heavy atom. The second-order valence-electron chi connectivity index (χ2n) is 7.49. The number of ether oxygens (including phenoxy) is 1. The van der Waals surface area contributed by atoms with E-state index in [2.05, 4.69) is 5.32 Å². The minimum atomic E-state index is -0.523. The van der Waals surface area contributed by atoms with Crippen molar-refractivity contribution in [2.45, 2.75) is 85.2 Å². The maximum absolute atomic E-state index is 12.8. The average Bonchev–Trinajstić information content (AvgIpc) is 3.02. The number of carbonyl (C=O) groups excluding carboxylic acids is 3. The van der Waals surface area contributed by atoms with Gasteiger partial charge in [-0.05, 0) is 57.9 Å². The molecule has 6 nitrogen and oxygen atoms in total. The smallest absolute Gasteiger partial charge is 0.341 e. The number of rotatable bonds is 8. The van der Waals surface area contributed by atoms with Crippen LogP contribution >= 0.6 is 11.3 Å². The molecule has 0 fully saturated rings. The number of amides is 2. The van der Waals surface area contributed by atoms with Crippen LogP contribution in [-0.4, -0.2) is 41.4 Å². The Balaban J connectivity index is 2.17. The molecular formula is C21H32N2O4S. The van der Waals surface area contributed by atoms with E-state index in [1.165, 1.54) is 18.3 Å². The Kier molecular flexibility index (Phi) is 8.04. The van der Waals surface area contributed by atoms with Crippen molar-refractivity contribution in [2.75, 3.05) is 11.9 Å². The van der Waals surface area contributed by atoms with Gasteiger partial charge in [-0.15, -0.1) is 11.3 Å². The van der Waals surface area contributed by atoms with Crippen molar-refractivity contribution in [1.82, 2.24) is 4.90 Å². The summed E-state index contributed by atoms with van der Waals surface area (Å²) < 4.78 is 5.43. The van der Waals surface area contributed by atoms with Gasteiger partial charge in [0.05, 0.1) is 5.56 Å². The van der Waals surface area contributed by atoms with Gasteiger partial charge >= 0.3 is 5.97 Å². The van der Waals surface area contributed by atoms with Crippen molar-refractivity contribution in [3.05, 3.63) is 16.0 Å². The molecular weight excluding hydrogens is 376 g/mol. The summed E-state index contributed by atoms with van der Waals surface area (Å²) in [6.45, 7) is 9.24. The van der Waals surface area contributed by atoms with Gasteiger partial charge in [0.1, 0.15) is 5.00 Å². The second-order valence-corrected chi connectivity index (χ2v) is 8.59. The van der Waals surface area contributed by atoms with Crippen LogP contribution in [0.15, 0.2) is 0 Å². The van der Waals surface area contributed by atoms with Crippen molar-refractivity contribution in [2.24, 2.45) is 0 Å². The third-order valence-corrected chi connectivity index (χ3v) is 6.62. The van der Waals surface area contributed by atoms with Gasteiger partial charge in [-0.3, -0.25) is 9.59 Å². The Morgan fingerprint density at radius 2 is 1.71 bits per heavy atom. The highest BCUT2D eigenvalue weighted by atomic mass is 32.1. The summed E-state index contributed by atoms with van der Waals surface area (Å²) in [6, 6.07) is 0.176. The number of fused-ring (bicyclic) bond motifs is 1. The Bertz CT molecular complexity index is 718. The van der Waals surface area contributed by atoms with Crippen LogP contribution in [0.1, 0.15) is 81.1 Å². The van der Waals surface area contributed by atoms with Crippen LogP contribution in [0.25, 0.3) is 0 Å². The molecule has 0 unspecified atom stereocenters. The lowest BCUT2D eigenvalue weighted by atomic mass is 9.95. The van der Waals surface area contributed by atoms with Crippen LogP contribution in [0.2, 0.25) is 0 Å². The number of aryl methyl sites for hydroxylation is 1. The average molecular weight is 409 g/mol. The maximum atomic E-state index is 12.8. The molecule has 0 aliphatic heterocycles. The molecule has 1 aromatic rings. The number of carbonyl (C=O) groups is 3. The minimum absolute atomic E-state index is 0.0880. The lowest BCUT2D eigenvalue weighted by Gasteiger charge is -2.33. The Labute approximate surface area is 171 Å². The first-order valence-electron chi connectivity index (χ1n) is 10.2. The molecule has 1 N–H and O–H groups in total. The van der Waals surface area contributed by atoms with Crippen LogP contribution in [0.3, 0.4) is 0 Å². The molecule has 0 bridgehead atoms. The summed E-state index contributed by atoms with van der Waals surface area (Å²) in [5.74, 6) is -0.921. The standard InChI is InChI=1S/C21H32N2O4S/c1-6-13(3)23(14(4)7-2)18(25)12-27-21(26)19-16-10-8-9-11-17(16)28-20(19)22-15(5)24/h13-14H,6-12H2,1-5H3,(H,22,24)/t13-,14-/m1/s1. The number of thiophene rings is 1. The number of nitrogens with one attached hydrogen (secondary N) is 1. The quantitative estimate of drug-likeness (QED) is 0.655. The third kappa shape index (κ3) is 5.13. The zero-order valence-electron chi connectivity index (χ0n) is 17.6. The first-order chi connectivity index (χ1) is 13.3. The van der Waals surface area contributed by atoms with Gasteiger partial charge in [0, 0.05) is 23.9 Å². The fraction of sp³-hybridized carbons (Fsp3) is 0.667. The van der Waals surface area contributed by atoms with Crippen LogP contribution < -0.4 is 5.32 Å². The van der Waals surface area contributed by atoms with E-state index in [0.29, 0.717) is 10.6 Å². The minimum Gasteiger partial charge on any atom is -0.452 e. The molecule has 7 heteroatoms. The van der Waals surface area contributed by atoms with Crippen molar-refractivity contribution in [3.8, 4) is 0 Å². The molecule has 1 heterocycles. The lowest BCUT2D eigenvalue weighted by Crippen LogP contribution is -2.46. The molecule has 2 atom stereocenters. The van der Waals surface area contributed by atoms with Crippen LogP contribution in [0.4, 0.5) is 5.00 Å². The molecule has 0 saturated carbocycles. The largest absolute Gasteiger partial charge is 0.452 e. The monoisotopic (exact) mass is 408 g/mol. The van der Waals surface area contributed by atoms with E-state index in [1.54, 1.807) is 0 Å². The van der Waals surface area contributed by atoms with Gasteiger partial charge in [-0.25, -0.2) is 4.79 Å². The van der Waals surface area contributed by atoms with Gasteiger partial charge in [0.25, 0.3) is 5.91 Å². The van der Waals surface area contributed by atoms with Gasteiger partial charge in [-0.1, -0.05) is 13.8 Å². The topological polar surface area (TPSA) is 75.7 Å². The molecule has 0 radical (unpaired) electrons. The van der Waals surface area contributed by atoms with Gasteiger partial charge in [0.15, 0.2) is 6.61 Å². The molecule has 1 aliphatic carbocycles. The van der Waals surface area contributed by atoms with Crippen molar-refractivity contribution in [1.29, 1.82) is 0 Å². The highest BCUT2D eigenvalue weighted by Gasteiger charge is 2.29. The molecule has 0 spiro atoms. The van der Waals surface area contributed by atoms with Crippen molar-refractivity contribution in [3.63, 3.8) is 0 Å². The molecule has 1 aromatic heterocycles. The summed E-state index contributed by atoms with van der Waals surface area (Å²) in [6.07, 6.45) is 5.49. The summed E-state index contributed by atoms with van der Waals surface area (Å²) in [7, 11) is 0. The molecule has 28 heavy (non-hydrogen) atoms. The number of hydrogen-bond donors (Lipinski definition) is 1. The highest BCUT2D eigenvalue weighted by molar-refractivity contribution is 7.17. The predicted octanol–water partition coefficient (Wildman–Crippen LogP) is 4.17. The van der Waals surface area contributed by atoms with E-state index in [4.69, 9.17) is 4.74 Å². The van der Waals surface area contributed by atoms with Crippen LogP contribution in [0.5, 0.6) is 0 Å². The first kappa shape index (κ1) is 22.4. The number of hydrogen-bond acceptors (Lipinski definition) is 5. The van der Waals surface area contributed by atoms with E-state index in [1.807, 2.05) is 32.6 Å². The normalized spacial score (nSPS) is 15.3. The molecule has 0 aromatic carbocycles. The Morgan fingerprint density at radius 3 is 2.29 bits per heavy atom. The van der Waals surface area contributed by atoms with E-state index in [-0.39, 0.29) is 30.5 Å². The zero-order valence-corrected chi connectivity index (χ0v) is 18.4. The van der Waals surface area contributed by atoms with Crippen molar-refractivity contribution >= 4 is 34.1 Å². The molecule has 0 saturated heterocycles. The number of esters is 1. The second kappa shape index (κ2) is 10.0. The zero-order chi connectivity index (χ0) is 20.8. The van der Waals surface area contributed by atoms with Crippen LogP contribution in [-0.2, 0) is 27.2 Å². The fourth-order valence-corrected chi connectivity index (χ4v) is 4.95. The van der Waals surface area contributed by atoms with Gasteiger partial charge in [0.2, 0.25) is 5.91 Å². The van der Waals surface area contributed by atoms with Gasteiger partial charge < -0.3 is 15.0 Å². The summed E-state index contributed by atoms with van der Waals surface area (Å²) in [4.78, 5) is 40.1. The lowest BCUT2D eigenvalue weighted by molar-refractivity contribution is -0.139. The first-order valence-corrected chi connectivity index (χ1v) is 11.0. The van der Waals surface area contributed by atoms with E-state index in [0.717, 1.165) is 49.0 Å². The molecule has 1 aliphatic rings. The van der Waals surface area contributed by atoms with Gasteiger partial charge in [-0.2, -0.15) is 0 Å². The summed E-state index contributed by atoms with van der Waals surface area (Å²) in [5.41, 5.74) is 1.40. The predicted molar refractivity (Wildman–Crippen MR) is 112 cm³/mol. The fourth-order valence-electron chi connectivity index (χ4n) is 3.62. The Hall–Kier alpha value is -1.89. The third-order valence-electron chi connectivity index (χ3n) is 5.41. The number of nitrogens with zero attached hydrogens (tertiary/aromatic N) is 1. The SMILES string of the molecule is CC[C@@H](C)N(C(=O)COC(=O)c1c(NC(C)=O)sc2c1CCCC2)[C@H](C)CC. The maximum Gasteiger partial charge on any atom is 0.341 e. The number of anilines is 1.